The van der Waals surface area contributed by atoms with E-state index in [0.29, 0.717) is 22.7 Å². The molecular weight excluding hydrogens is 394 g/mol. The van der Waals surface area contributed by atoms with Gasteiger partial charge >= 0.3 is 12.4 Å². The molecule has 146 valence electrons. The molecule has 0 bridgehead atoms. The van der Waals surface area contributed by atoms with Gasteiger partial charge in [0.15, 0.2) is 5.82 Å². The number of halogens is 6. The van der Waals surface area contributed by atoms with Gasteiger partial charge in [0.25, 0.3) is 0 Å². The summed E-state index contributed by atoms with van der Waals surface area (Å²) in [5.74, 6) is 0.00649. The van der Waals surface area contributed by atoms with Crippen molar-refractivity contribution in [3.8, 4) is 11.3 Å². The van der Waals surface area contributed by atoms with Crippen LogP contribution in [0.25, 0.3) is 11.3 Å². The van der Waals surface area contributed by atoms with Crippen molar-refractivity contribution in [1.82, 2.24) is 9.97 Å². The lowest BCUT2D eigenvalue weighted by molar-refractivity contribution is -0.177. The van der Waals surface area contributed by atoms with Crippen LogP contribution in [-0.2, 0) is 23.9 Å². The molecule has 0 N–H and O–H groups in total. The Bertz CT molecular complexity index is 837. The SMILES string of the molecule is CC1Cc2c(nc(COCC(F)(F)F)nc2-c2cccc(C(F)(F)F)c2)S1. The molecule has 1 aromatic heterocycles. The van der Waals surface area contributed by atoms with Crippen molar-refractivity contribution in [2.24, 2.45) is 0 Å². The van der Waals surface area contributed by atoms with Crippen LogP contribution < -0.4 is 0 Å². The molecular formula is C17H14F6N2OS. The first kappa shape index (κ1) is 19.9. The molecule has 3 rings (SSSR count). The number of hydrogen-bond acceptors (Lipinski definition) is 4. The van der Waals surface area contributed by atoms with Crippen molar-refractivity contribution in [2.75, 3.05) is 6.61 Å². The van der Waals surface area contributed by atoms with Crippen molar-refractivity contribution in [3.05, 3.63) is 41.2 Å². The summed E-state index contributed by atoms with van der Waals surface area (Å²) < 4.78 is 80.4. The van der Waals surface area contributed by atoms with E-state index in [2.05, 4.69) is 14.7 Å². The van der Waals surface area contributed by atoms with Gasteiger partial charge in [0.05, 0.1) is 11.3 Å². The number of ether oxygens (including phenoxy) is 1. The van der Waals surface area contributed by atoms with Crippen molar-refractivity contribution in [1.29, 1.82) is 0 Å². The third kappa shape index (κ3) is 4.92. The lowest BCUT2D eigenvalue weighted by Crippen LogP contribution is -2.17. The molecule has 1 aliphatic rings. The monoisotopic (exact) mass is 408 g/mol. The van der Waals surface area contributed by atoms with Gasteiger partial charge in [0, 0.05) is 16.4 Å². The van der Waals surface area contributed by atoms with Gasteiger partial charge in [-0.3, -0.25) is 0 Å². The largest absolute Gasteiger partial charge is 0.416 e. The molecule has 2 aromatic rings. The molecule has 0 spiro atoms. The average Bonchev–Trinajstić information content (AvgIpc) is 2.92. The number of thioether (sulfide) groups is 1. The Labute approximate surface area is 155 Å². The number of alkyl halides is 6. The Hall–Kier alpha value is -1.81. The fourth-order valence-corrected chi connectivity index (χ4v) is 3.82. The van der Waals surface area contributed by atoms with Crippen LogP contribution in [0.1, 0.15) is 23.9 Å². The summed E-state index contributed by atoms with van der Waals surface area (Å²) in [5.41, 5.74) is 0.427. The van der Waals surface area contributed by atoms with Gasteiger partial charge < -0.3 is 4.74 Å². The highest BCUT2D eigenvalue weighted by Crippen LogP contribution is 2.41. The van der Waals surface area contributed by atoms with Crippen molar-refractivity contribution in [3.63, 3.8) is 0 Å². The zero-order chi connectivity index (χ0) is 19.8. The quantitative estimate of drug-likeness (QED) is 0.510. The molecule has 0 aliphatic carbocycles. The second-order valence-electron chi connectivity index (χ2n) is 6.09. The maximum absolute atomic E-state index is 13.0. The highest BCUT2D eigenvalue weighted by atomic mass is 32.2. The van der Waals surface area contributed by atoms with E-state index in [9.17, 15) is 26.3 Å². The fraction of sp³-hybridized carbons (Fsp3) is 0.412. The molecule has 1 aliphatic heterocycles. The van der Waals surface area contributed by atoms with Gasteiger partial charge in [-0.15, -0.1) is 11.8 Å². The van der Waals surface area contributed by atoms with E-state index in [1.165, 1.54) is 23.9 Å². The molecule has 10 heteroatoms. The van der Waals surface area contributed by atoms with Gasteiger partial charge in [0.1, 0.15) is 18.2 Å². The second kappa shape index (κ2) is 7.31. The molecule has 1 unspecified atom stereocenters. The van der Waals surface area contributed by atoms with Crippen LogP contribution in [0, 0.1) is 0 Å². The van der Waals surface area contributed by atoms with E-state index in [1.807, 2.05) is 6.92 Å². The number of rotatable bonds is 4. The Morgan fingerprint density at radius 1 is 1.15 bits per heavy atom. The van der Waals surface area contributed by atoms with E-state index in [4.69, 9.17) is 0 Å². The molecule has 1 aromatic carbocycles. The van der Waals surface area contributed by atoms with Crippen LogP contribution in [0.3, 0.4) is 0 Å². The molecule has 0 saturated heterocycles. The first-order chi connectivity index (χ1) is 12.5. The number of benzene rings is 1. The number of nitrogens with zero attached hydrogens (tertiary/aromatic N) is 2. The van der Waals surface area contributed by atoms with Crippen LogP contribution in [-0.4, -0.2) is 28.0 Å². The summed E-state index contributed by atoms with van der Waals surface area (Å²) in [6.07, 6.45) is -8.42. The average molecular weight is 408 g/mol. The minimum atomic E-state index is -4.51. The zero-order valence-electron chi connectivity index (χ0n) is 14.0. The lowest BCUT2D eigenvalue weighted by atomic mass is 10.0. The van der Waals surface area contributed by atoms with Crippen molar-refractivity contribution in [2.45, 2.75) is 42.6 Å². The number of fused-ring (bicyclic) bond motifs is 1. The van der Waals surface area contributed by atoms with Crippen LogP contribution in [0.5, 0.6) is 0 Å². The molecule has 0 saturated carbocycles. The maximum Gasteiger partial charge on any atom is 0.416 e. The standard InChI is InChI=1S/C17H14F6N2OS/c1-9-5-12-14(10-3-2-4-11(6-10)17(21,22)23)24-13(25-15(12)27-9)7-26-8-16(18,19)20/h2-4,6,9H,5,7-8H2,1H3. The predicted octanol–water partition coefficient (Wildman–Crippen LogP) is 5.28. The fourth-order valence-electron chi connectivity index (χ4n) is 2.71. The summed E-state index contributed by atoms with van der Waals surface area (Å²) in [4.78, 5) is 8.43. The smallest absolute Gasteiger partial charge is 0.364 e. The second-order valence-corrected chi connectivity index (χ2v) is 7.52. The summed E-state index contributed by atoms with van der Waals surface area (Å²) in [6, 6.07) is 4.70. The highest BCUT2D eigenvalue weighted by Gasteiger charge is 2.32. The molecule has 0 fully saturated rings. The Morgan fingerprint density at radius 2 is 1.89 bits per heavy atom. The first-order valence-electron chi connectivity index (χ1n) is 7.91. The van der Waals surface area contributed by atoms with Crippen molar-refractivity contribution < 1.29 is 31.1 Å². The van der Waals surface area contributed by atoms with Crippen LogP contribution in [0.4, 0.5) is 26.3 Å². The Morgan fingerprint density at radius 3 is 2.56 bits per heavy atom. The summed E-state index contributed by atoms with van der Waals surface area (Å²) in [6.45, 7) is 0.00562. The topological polar surface area (TPSA) is 35.0 Å². The predicted molar refractivity (Wildman–Crippen MR) is 87.2 cm³/mol. The van der Waals surface area contributed by atoms with E-state index in [0.717, 1.165) is 12.1 Å². The number of aromatic nitrogens is 2. The Kier molecular flexibility index (Phi) is 5.40. The van der Waals surface area contributed by atoms with Gasteiger partial charge in [-0.1, -0.05) is 19.1 Å². The van der Waals surface area contributed by atoms with Crippen LogP contribution >= 0.6 is 11.8 Å². The minimum absolute atomic E-state index is 0.00649. The molecule has 27 heavy (non-hydrogen) atoms. The molecule has 2 heterocycles. The zero-order valence-corrected chi connectivity index (χ0v) is 14.8. The van der Waals surface area contributed by atoms with Gasteiger partial charge in [-0.25, -0.2) is 9.97 Å². The van der Waals surface area contributed by atoms with E-state index < -0.39 is 31.1 Å². The molecule has 3 nitrogen and oxygen atoms in total. The van der Waals surface area contributed by atoms with Gasteiger partial charge in [-0.05, 0) is 18.6 Å². The third-order valence-electron chi connectivity index (χ3n) is 3.78. The molecule has 1 atom stereocenters. The summed E-state index contributed by atoms with van der Waals surface area (Å²) in [7, 11) is 0. The van der Waals surface area contributed by atoms with Crippen LogP contribution in [0.2, 0.25) is 0 Å². The van der Waals surface area contributed by atoms with Crippen LogP contribution in [0.15, 0.2) is 29.3 Å². The lowest BCUT2D eigenvalue weighted by Gasteiger charge is -2.13. The first-order valence-corrected chi connectivity index (χ1v) is 8.79. The summed E-state index contributed by atoms with van der Waals surface area (Å²) in [5, 5.41) is 0.709. The van der Waals surface area contributed by atoms with E-state index in [-0.39, 0.29) is 16.6 Å². The Balaban J connectivity index is 1.97. The van der Waals surface area contributed by atoms with E-state index in [1.54, 1.807) is 0 Å². The molecule has 0 amide bonds. The van der Waals surface area contributed by atoms with Crippen molar-refractivity contribution >= 4 is 11.8 Å². The summed E-state index contributed by atoms with van der Waals surface area (Å²) >= 11 is 1.41. The molecule has 0 radical (unpaired) electrons. The minimum Gasteiger partial charge on any atom is -0.364 e. The van der Waals surface area contributed by atoms with Gasteiger partial charge in [-0.2, -0.15) is 26.3 Å². The number of hydrogen-bond donors (Lipinski definition) is 0. The highest BCUT2D eigenvalue weighted by molar-refractivity contribution is 8.00. The van der Waals surface area contributed by atoms with Gasteiger partial charge in [0.2, 0.25) is 0 Å². The maximum atomic E-state index is 13.0. The van der Waals surface area contributed by atoms with E-state index >= 15 is 0 Å². The normalized spacial score (nSPS) is 17.2. The third-order valence-corrected chi connectivity index (χ3v) is 4.91.